The molecule has 0 atom stereocenters. The Balaban J connectivity index is 2.48. The van der Waals surface area contributed by atoms with E-state index in [1.54, 1.807) is 24.6 Å². The SMILES string of the molecule is CC(C)Oc1c(-c2ccsc2)c2nc(Cl)ncc2n(C)c1=O. The second-order valence-electron chi connectivity index (χ2n) is 5.12. The molecule has 7 heteroatoms. The van der Waals surface area contributed by atoms with E-state index in [1.807, 2.05) is 30.7 Å². The predicted molar refractivity (Wildman–Crippen MR) is 88.9 cm³/mol. The molecule has 0 bridgehead atoms. The molecule has 22 heavy (non-hydrogen) atoms. The minimum atomic E-state index is -0.215. The van der Waals surface area contributed by atoms with Gasteiger partial charge in [-0.3, -0.25) is 4.79 Å². The van der Waals surface area contributed by atoms with E-state index < -0.39 is 0 Å². The summed E-state index contributed by atoms with van der Waals surface area (Å²) in [5.41, 5.74) is 2.56. The van der Waals surface area contributed by atoms with Gasteiger partial charge in [0.15, 0.2) is 5.75 Å². The number of nitrogens with zero attached hydrogens (tertiary/aromatic N) is 3. The fourth-order valence-electron chi connectivity index (χ4n) is 2.28. The zero-order chi connectivity index (χ0) is 15.9. The molecular formula is C15H14ClN3O2S. The number of pyridine rings is 1. The molecule has 0 spiro atoms. The first-order chi connectivity index (χ1) is 10.5. The number of ether oxygens (including phenoxy) is 1. The number of rotatable bonds is 3. The van der Waals surface area contributed by atoms with Gasteiger partial charge in [-0.05, 0) is 47.8 Å². The second kappa shape index (κ2) is 5.70. The molecule has 0 fully saturated rings. The van der Waals surface area contributed by atoms with Gasteiger partial charge in [0, 0.05) is 7.05 Å². The summed E-state index contributed by atoms with van der Waals surface area (Å²) in [7, 11) is 1.67. The zero-order valence-corrected chi connectivity index (χ0v) is 13.9. The molecule has 5 nitrogen and oxygen atoms in total. The molecule has 3 aromatic rings. The highest BCUT2D eigenvalue weighted by molar-refractivity contribution is 7.08. The average Bonchev–Trinajstić information content (AvgIpc) is 2.98. The van der Waals surface area contributed by atoms with Crippen LogP contribution in [0.2, 0.25) is 5.28 Å². The second-order valence-corrected chi connectivity index (χ2v) is 6.24. The molecule has 0 saturated heterocycles. The molecular weight excluding hydrogens is 322 g/mol. The molecule has 0 aliphatic carbocycles. The third-order valence-corrected chi connectivity index (χ3v) is 4.09. The summed E-state index contributed by atoms with van der Waals surface area (Å²) in [6, 6.07) is 1.93. The van der Waals surface area contributed by atoms with E-state index in [4.69, 9.17) is 16.3 Å². The minimum Gasteiger partial charge on any atom is -0.485 e. The summed E-state index contributed by atoms with van der Waals surface area (Å²) in [5, 5.41) is 4.04. The summed E-state index contributed by atoms with van der Waals surface area (Å²) in [5.74, 6) is 0.290. The molecule has 3 rings (SSSR count). The summed E-state index contributed by atoms with van der Waals surface area (Å²) >= 11 is 7.50. The van der Waals surface area contributed by atoms with Crippen molar-refractivity contribution >= 4 is 34.0 Å². The first kappa shape index (κ1) is 15.0. The fraction of sp³-hybridized carbons (Fsp3) is 0.267. The van der Waals surface area contributed by atoms with Gasteiger partial charge < -0.3 is 9.30 Å². The summed E-state index contributed by atoms with van der Waals surface area (Å²) in [6.07, 6.45) is 1.43. The predicted octanol–water partition coefficient (Wildman–Crippen LogP) is 3.50. The highest BCUT2D eigenvalue weighted by Crippen LogP contribution is 2.35. The van der Waals surface area contributed by atoms with Gasteiger partial charge in [-0.25, -0.2) is 9.97 Å². The van der Waals surface area contributed by atoms with E-state index in [9.17, 15) is 4.79 Å². The number of aromatic nitrogens is 3. The van der Waals surface area contributed by atoms with Crippen molar-refractivity contribution in [3.63, 3.8) is 0 Å². The zero-order valence-electron chi connectivity index (χ0n) is 12.3. The van der Waals surface area contributed by atoms with Gasteiger partial charge >= 0.3 is 0 Å². The normalized spacial score (nSPS) is 11.3. The summed E-state index contributed by atoms with van der Waals surface area (Å²) in [6.45, 7) is 3.77. The third kappa shape index (κ3) is 2.48. The van der Waals surface area contributed by atoms with Crippen molar-refractivity contribution in [3.05, 3.63) is 38.7 Å². The van der Waals surface area contributed by atoms with Gasteiger partial charge in [-0.15, -0.1) is 0 Å². The summed E-state index contributed by atoms with van der Waals surface area (Å²) in [4.78, 5) is 21.0. The van der Waals surface area contributed by atoms with Crippen molar-refractivity contribution in [2.75, 3.05) is 0 Å². The van der Waals surface area contributed by atoms with Gasteiger partial charge in [0.2, 0.25) is 5.28 Å². The number of hydrogen-bond acceptors (Lipinski definition) is 5. The minimum absolute atomic E-state index is 0.125. The molecule has 0 aliphatic heterocycles. The van der Waals surface area contributed by atoms with Crippen LogP contribution >= 0.6 is 22.9 Å². The third-order valence-electron chi connectivity index (χ3n) is 3.23. The molecule has 3 aromatic heterocycles. The Kier molecular flexibility index (Phi) is 3.88. The first-order valence-electron chi connectivity index (χ1n) is 6.73. The van der Waals surface area contributed by atoms with Crippen LogP contribution in [0, 0.1) is 0 Å². The quantitative estimate of drug-likeness (QED) is 0.687. The number of fused-ring (bicyclic) bond motifs is 1. The maximum Gasteiger partial charge on any atom is 0.293 e. The van der Waals surface area contributed by atoms with E-state index >= 15 is 0 Å². The van der Waals surface area contributed by atoms with Gasteiger partial charge in [0.1, 0.15) is 5.52 Å². The Morgan fingerprint density at radius 1 is 1.41 bits per heavy atom. The molecule has 0 saturated carbocycles. The van der Waals surface area contributed by atoms with Crippen molar-refractivity contribution in [1.29, 1.82) is 0 Å². The smallest absolute Gasteiger partial charge is 0.293 e. The lowest BCUT2D eigenvalue weighted by atomic mass is 10.1. The van der Waals surface area contributed by atoms with Crippen molar-refractivity contribution < 1.29 is 4.74 Å². The van der Waals surface area contributed by atoms with Crippen LogP contribution in [0.25, 0.3) is 22.2 Å². The Hall–Kier alpha value is -1.92. The van der Waals surface area contributed by atoms with Gasteiger partial charge in [0.25, 0.3) is 5.56 Å². The van der Waals surface area contributed by atoms with Crippen molar-refractivity contribution in [1.82, 2.24) is 14.5 Å². The first-order valence-corrected chi connectivity index (χ1v) is 8.05. The lowest BCUT2D eigenvalue weighted by Gasteiger charge is -2.16. The van der Waals surface area contributed by atoms with Crippen LogP contribution in [0.4, 0.5) is 0 Å². The standard InChI is InChI=1S/C15H14ClN3O2S/c1-8(2)21-13-11(9-4-5-22-7-9)12-10(19(3)14(13)20)6-17-15(16)18-12/h4-8H,1-3H3. The molecule has 3 heterocycles. The van der Waals surface area contributed by atoms with Crippen LogP contribution in [0.15, 0.2) is 27.8 Å². The highest BCUT2D eigenvalue weighted by Gasteiger charge is 2.21. The van der Waals surface area contributed by atoms with Gasteiger partial charge in [-0.2, -0.15) is 11.3 Å². The largest absolute Gasteiger partial charge is 0.485 e. The van der Waals surface area contributed by atoms with E-state index in [-0.39, 0.29) is 22.7 Å². The molecule has 0 aliphatic rings. The van der Waals surface area contributed by atoms with E-state index in [2.05, 4.69) is 9.97 Å². The van der Waals surface area contributed by atoms with Crippen LogP contribution < -0.4 is 10.3 Å². The van der Waals surface area contributed by atoms with Crippen LogP contribution in [0.1, 0.15) is 13.8 Å². The highest BCUT2D eigenvalue weighted by atomic mass is 35.5. The average molecular weight is 336 g/mol. The number of aryl methyl sites for hydroxylation is 1. The molecule has 0 aromatic carbocycles. The van der Waals surface area contributed by atoms with Gasteiger partial charge in [0.05, 0.1) is 23.4 Å². The molecule has 0 amide bonds. The monoisotopic (exact) mass is 335 g/mol. The lowest BCUT2D eigenvalue weighted by Crippen LogP contribution is -2.23. The van der Waals surface area contributed by atoms with Crippen molar-refractivity contribution in [2.24, 2.45) is 7.05 Å². The molecule has 114 valence electrons. The lowest BCUT2D eigenvalue weighted by molar-refractivity contribution is 0.239. The Morgan fingerprint density at radius 2 is 2.18 bits per heavy atom. The maximum atomic E-state index is 12.7. The van der Waals surface area contributed by atoms with Crippen LogP contribution in [0.5, 0.6) is 5.75 Å². The summed E-state index contributed by atoms with van der Waals surface area (Å²) < 4.78 is 7.28. The molecule has 0 unspecified atom stereocenters. The van der Waals surface area contributed by atoms with Crippen LogP contribution in [0.3, 0.4) is 0 Å². The topological polar surface area (TPSA) is 57.0 Å². The molecule has 0 N–H and O–H groups in total. The Bertz CT molecular complexity index is 888. The fourth-order valence-corrected chi connectivity index (χ4v) is 3.06. The Morgan fingerprint density at radius 3 is 2.82 bits per heavy atom. The van der Waals surface area contributed by atoms with Crippen molar-refractivity contribution in [3.8, 4) is 16.9 Å². The number of halogens is 1. The Labute approximate surface area is 136 Å². The number of thiophene rings is 1. The molecule has 0 radical (unpaired) electrons. The maximum absolute atomic E-state index is 12.7. The van der Waals surface area contributed by atoms with Crippen LogP contribution in [-0.4, -0.2) is 20.6 Å². The van der Waals surface area contributed by atoms with Gasteiger partial charge in [-0.1, -0.05) is 0 Å². The van der Waals surface area contributed by atoms with Crippen LogP contribution in [-0.2, 0) is 7.05 Å². The van der Waals surface area contributed by atoms with E-state index in [1.165, 1.54) is 4.57 Å². The number of hydrogen-bond donors (Lipinski definition) is 0. The van der Waals surface area contributed by atoms with Crippen molar-refractivity contribution in [2.45, 2.75) is 20.0 Å². The van der Waals surface area contributed by atoms with E-state index in [0.717, 1.165) is 5.56 Å². The van der Waals surface area contributed by atoms with E-state index in [0.29, 0.717) is 16.6 Å².